The summed E-state index contributed by atoms with van der Waals surface area (Å²) >= 11 is 0. The van der Waals surface area contributed by atoms with Crippen molar-refractivity contribution >= 4 is 0 Å². The van der Waals surface area contributed by atoms with Crippen molar-refractivity contribution in [1.29, 1.82) is 0 Å². The van der Waals surface area contributed by atoms with Gasteiger partial charge in [-0.15, -0.1) is 0 Å². The number of aromatic nitrogens is 2. The first-order valence-corrected chi connectivity index (χ1v) is 6.80. The Morgan fingerprint density at radius 2 is 1.89 bits per heavy atom. The third-order valence-corrected chi connectivity index (χ3v) is 3.78. The molecule has 1 heterocycles. The molecule has 0 saturated carbocycles. The molecule has 0 saturated heterocycles. The van der Waals surface area contributed by atoms with E-state index in [0.717, 1.165) is 0 Å². The van der Waals surface area contributed by atoms with Crippen LogP contribution in [0.4, 0.5) is 0 Å². The van der Waals surface area contributed by atoms with E-state index in [0.29, 0.717) is 12.1 Å². The zero-order chi connectivity index (χ0) is 14.0. The number of rotatable bonds is 4. The highest BCUT2D eigenvalue weighted by molar-refractivity contribution is 5.26. The summed E-state index contributed by atoms with van der Waals surface area (Å²) in [4.78, 5) is 0. The largest absolute Gasteiger partial charge is 0.304 e. The SMILES string of the molecule is Cc1cccc(C(C)NC(C)c2cnn(C)c2C)c1. The van der Waals surface area contributed by atoms with E-state index in [-0.39, 0.29) is 0 Å². The third-order valence-electron chi connectivity index (χ3n) is 3.78. The minimum Gasteiger partial charge on any atom is -0.304 e. The second-order valence-corrected chi connectivity index (χ2v) is 5.33. The number of hydrogen-bond acceptors (Lipinski definition) is 2. The molecule has 1 aromatic carbocycles. The fraction of sp³-hybridized carbons (Fsp3) is 0.438. The maximum absolute atomic E-state index is 4.31. The first-order chi connectivity index (χ1) is 8.99. The van der Waals surface area contributed by atoms with Gasteiger partial charge in [0.2, 0.25) is 0 Å². The van der Waals surface area contributed by atoms with E-state index in [2.05, 4.69) is 62.4 Å². The molecule has 0 aliphatic heterocycles. The Morgan fingerprint density at radius 1 is 1.16 bits per heavy atom. The highest BCUT2D eigenvalue weighted by atomic mass is 15.3. The Labute approximate surface area is 115 Å². The molecule has 0 aliphatic rings. The van der Waals surface area contributed by atoms with Gasteiger partial charge in [-0.25, -0.2) is 0 Å². The summed E-state index contributed by atoms with van der Waals surface area (Å²) in [6.07, 6.45) is 1.95. The van der Waals surface area contributed by atoms with Crippen LogP contribution in [-0.4, -0.2) is 9.78 Å². The molecule has 3 nitrogen and oxygen atoms in total. The van der Waals surface area contributed by atoms with Gasteiger partial charge in [0.25, 0.3) is 0 Å². The zero-order valence-corrected chi connectivity index (χ0v) is 12.4. The Kier molecular flexibility index (Phi) is 4.05. The lowest BCUT2D eigenvalue weighted by Gasteiger charge is -2.20. The molecule has 0 fully saturated rings. The zero-order valence-electron chi connectivity index (χ0n) is 12.4. The van der Waals surface area contributed by atoms with Gasteiger partial charge in [-0.05, 0) is 33.3 Å². The number of benzene rings is 1. The molecule has 102 valence electrons. The number of aryl methyl sites for hydroxylation is 2. The lowest BCUT2D eigenvalue weighted by atomic mass is 10.0. The molecular formula is C16H23N3. The van der Waals surface area contributed by atoms with Crippen molar-refractivity contribution in [2.75, 3.05) is 0 Å². The van der Waals surface area contributed by atoms with Crippen LogP contribution in [0.1, 0.15) is 48.3 Å². The average Bonchev–Trinajstić information content (AvgIpc) is 2.70. The third kappa shape index (κ3) is 3.04. The second kappa shape index (κ2) is 5.57. The van der Waals surface area contributed by atoms with Gasteiger partial charge >= 0.3 is 0 Å². The first kappa shape index (κ1) is 13.8. The van der Waals surface area contributed by atoms with Crippen LogP contribution in [0.3, 0.4) is 0 Å². The van der Waals surface area contributed by atoms with Gasteiger partial charge in [0.05, 0.1) is 6.20 Å². The van der Waals surface area contributed by atoms with Crippen molar-refractivity contribution in [3.63, 3.8) is 0 Å². The van der Waals surface area contributed by atoms with E-state index in [1.165, 1.54) is 22.4 Å². The fourth-order valence-electron chi connectivity index (χ4n) is 2.44. The first-order valence-electron chi connectivity index (χ1n) is 6.80. The lowest BCUT2D eigenvalue weighted by molar-refractivity contribution is 0.492. The van der Waals surface area contributed by atoms with Gasteiger partial charge < -0.3 is 5.32 Å². The molecule has 19 heavy (non-hydrogen) atoms. The average molecular weight is 257 g/mol. The second-order valence-electron chi connectivity index (χ2n) is 5.33. The van der Waals surface area contributed by atoms with Gasteiger partial charge in [-0.1, -0.05) is 29.8 Å². The van der Waals surface area contributed by atoms with E-state index in [1.807, 2.05) is 17.9 Å². The summed E-state index contributed by atoms with van der Waals surface area (Å²) in [6.45, 7) is 8.63. The van der Waals surface area contributed by atoms with Crippen LogP contribution >= 0.6 is 0 Å². The van der Waals surface area contributed by atoms with E-state index < -0.39 is 0 Å². The fourth-order valence-corrected chi connectivity index (χ4v) is 2.44. The Bertz CT molecular complexity index is 557. The minimum atomic E-state index is 0.296. The minimum absolute atomic E-state index is 0.296. The van der Waals surface area contributed by atoms with Crippen molar-refractivity contribution < 1.29 is 0 Å². The molecule has 2 unspecified atom stereocenters. The molecule has 0 amide bonds. The van der Waals surface area contributed by atoms with Crippen LogP contribution in [0.15, 0.2) is 30.5 Å². The van der Waals surface area contributed by atoms with Gasteiger partial charge in [0.15, 0.2) is 0 Å². The maximum atomic E-state index is 4.31. The number of hydrogen-bond donors (Lipinski definition) is 1. The molecule has 0 radical (unpaired) electrons. The van der Waals surface area contributed by atoms with Crippen LogP contribution in [-0.2, 0) is 7.05 Å². The lowest BCUT2D eigenvalue weighted by Crippen LogP contribution is -2.22. The topological polar surface area (TPSA) is 29.9 Å². The van der Waals surface area contributed by atoms with Crippen LogP contribution in [0.2, 0.25) is 0 Å². The maximum Gasteiger partial charge on any atom is 0.0540 e. The highest BCUT2D eigenvalue weighted by Crippen LogP contribution is 2.21. The number of nitrogens with zero attached hydrogens (tertiary/aromatic N) is 2. The predicted octanol–water partition coefficient (Wildman–Crippen LogP) is 3.45. The predicted molar refractivity (Wildman–Crippen MR) is 79.1 cm³/mol. The molecule has 3 heteroatoms. The Hall–Kier alpha value is -1.61. The van der Waals surface area contributed by atoms with Crippen molar-refractivity contribution in [2.24, 2.45) is 7.05 Å². The molecule has 1 N–H and O–H groups in total. The Balaban J connectivity index is 2.10. The van der Waals surface area contributed by atoms with Gasteiger partial charge in [0.1, 0.15) is 0 Å². The quantitative estimate of drug-likeness (QED) is 0.909. The summed E-state index contributed by atoms with van der Waals surface area (Å²) < 4.78 is 1.92. The summed E-state index contributed by atoms with van der Waals surface area (Å²) in [5, 5.41) is 7.95. The molecule has 2 atom stereocenters. The van der Waals surface area contributed by atoms with Crippen LogP contribution < -0.4 is 5.32 Å². The van der Waals surface area contributed by atoms with Gasteiger partial charge in [-0.3, -0.25) is 4.68 Å². The van der Waals surface area contributed by atoms with E-state index >= 15 is 0 Å². The van der Waals surface area contributed by atoms with Crippen LogP contribution in [0.25, 0.3) is 0 Å². The molecular weight excluding hydrogens is 234 g/mol. The summed E-state index contributed by atoms with van der Waals surface area (Å²) in [5.74, 6) is 0. The van der Waals surface area contributed by atoms with Crippen LogP contribution in [0, 0.1) is 13.8 Å². The van der Waals surface area contributed by atoms with Crippen molar-refractivity contribution in [3.05, 3.63) is 52.8 Å². The molecule has 2 aromatic rings. The van der Waals surface area contributed by atoms with Crippen LogP contribution in [0.5, 0.6) is 0 Å². The Morgan fingerprint density at radius 3 is 2.47 bits per heavy atom. The van der Waals surface area contributed by atoms with Crippen molar-refractivity contribution in [2.45, 2.75) is 39.8 Å². The van der Waals surface area contributed by atoms with Gasteiger partial charge in [0, 0.05) is 30.4 Å². The number of nitrogens with one attached hydrogen (secondary N) is 1. The summed E-state index contributed by atoms with van der Waals surface area (Å²) in [5.41, 5.74) is 5.11. The normalized spacial score (nSPS) is 14.4. The van der Waals surface area contributed by atoms with E-state index in [1.54, 1.807) is 0 Å². The smallest absolute Gasteiger partial charge is 0.0540 e. The molecule has 1 aromatic heterocycles. The van der Waals surface area contributed by atoms with Crippen molar-refractivity contribution in [3.8, 4) is 0 Å². The summed E-state index contributed by atoms with van der Waals surface area (Å²) in [7, 11) is 1.98. The summed E-state index contributed by atoms with van der Waals surface area (Å²) in [6, 6.07) is 9.28. The van der Waals surface area contributed by atoms with Crippen molar-refractivity contribution in [1.82, 2.24) is 15.1 Å². The molecule has 0 spiro atoms. The molecule has 2 rings (SSSR count). The standard InChI is InChI=1S/C16H23N3/c1-11-7-6-8-15(9-11)12(2)18-13(3)16-10-17-19(5)14(16)4/h6-10,12-13,18H,1-5H3. The van der Waals surface area contributed by atoms with Gasteiger partial charge in [-0.2, -0.15) is 5.10 Å². The molecule has 0 bridgehead atoms. The monoisotopic (exact) mass is 257 g/mol. The molecule has 0 aliphatic carbocycles. The highest BCUT2D eigenvalue weighted by Gasteiger charge is 2.15. The van der Waals surface area contributed by atoms with E-state index in [9.17, 15) is 0 Å². The van der Waals surface area contributed by atoms with E-state index in [4.69, 9.17) is 0 Å².